The molecule has 9 nitrogen and oxygen atoms in total. The molecular weight excluding hydrogens is 432 g/mol. The third kappa shape index (κ3) is 4.94. The van der Waals surface area contributed by atoms with Gasteiger partial charge in [-0.3, -0.25) is 4.79 Å². The Morgan fingerprint density at radius 3 is 2.91 bits per heavy atom. The number of likely N-dealkylation sites (N-methyl/N-ethyl adjacent to an activating group) is 1. The normalized spacial score (nSPS) is 23.5. The quantitative estimate of drug-likeness (QED) is 0.192. The minimum absolute atomic E-state index is 0.0544. The number of fused-ring (bicyclic) bond motifs is 2. The summed E-state index contributed by atoms with van der Waals surface area (Å²) < 4.78 is 2.23. The van der Waals surface area contributed by atoms with Crippen molar-refractivity contribution in [1.82, 2.24) is 14.9 Å². The minimum atomic E-state index is -0.719. The molecule has 4 atom stereocenters. The highest BCUT2D eigenvalue weighted by atomic mass is 16.7. The summed E-state index contributed by atoms with van der Waals surface area (Å²) >= 11 is 0. The molecule has 1 fully saturated rings. The van der Waals surface area contributed by atoms with E-state index < -0.39 is 5.03 Å². The van der Waals surface area contributed by atoms with Gasteiger partial charge in [0, 0.05) is 61.5 Å². The number of hydrogen-bond acceptors (Lipinski definition) is 5. The number of carbonyl (C=O) groups excluding carboxylic acids is 1. The van der Waals surface area contributed by atoms with Gasteiger partial charge in [-0.25, -0.2) is 15.1 Å². The van der Waals surface area contributed by atoms with Crippen molar-refractivity contribution < 1.29 is 9.83 Å². The first kappa shape index (κ1) is 24.2. The van der Waals surface area contributed by atoms with Crippen molar-refractivity contribution in [3.05, 3.63) is 45.6 Å². The molecular formula is C25H36N6O3. The molecule has 0 spiro atoms. The fourth-order valence-electron chi connectivity index (χ4n) is 6.06. The van der Waals surface area contributed by atoms with E-state index in [1.54, 1.807) is 0 Å². The topological polar surface area (TPSA) is 119 Å². The number of ketones is 1. The number of aliphatic imine (C=N–C) groups is 1. The molecule has 0 saturated carbocycles. The maximum absolute atomic E-state index is 13.4. The molecule has 9 heteroatoms. The van der Waals surface area contributed by atoms with Crippen LogP contribution in [0.25, 0.3) is 10.9 Å². The molecule has 2 aromatic rings. The van der Waals surface area contributed by atoms with E-state index in [0.717, 1.165) is 38.6 Å². The monoisotopic (exact) mass is 468 g/mol. The molecule has 3 N–H and O–H groups in total. The zero-order valence-corrected chi connectivity index (χ0v) is 20.4. The fraction of sp³-hybridized carbons (Fsp3) is 0.600. The smallest absolute Gasteiger partial charge is 0.251 e. The third-order valence-electron chi connectivity index (χ3n) is 7.81. The van der Waals surface area contributed by atoms with E-state index in [0.29, 0.717) is 36.6 Å². The molecule has 1 aromatic heterocycles. The van der Waals surface area contributed by atoms with E-state index in [4.69, 9.17) is 5.73 Å². The second kappa shape index (κ2) is 10.1. The summed E-state index contributed by atoms with van der Waals surface area (Å²) in [7, 11) is 4.29. The average molecular weight is 469 g/mol. The van der Waals surface area contributed by atoms with Crippen LogP contribution in [-0.2, 0) is 18.3 Å². The lowest BCUT2D eigenvalue weighted by Crippen LogP contribution is -2.49. The van der Waals surface area contributed by atoms with Gasteiger partial charge >= 0.3 is 0 Å². The van der Waals surface area contributed by atoms with E-state index in [-0.39, 0.29) is 11.9 Å². The van der Waals surface area contributed by atoms with Crippen LogP contribution in [0, 0.1) is 22.0 Å². The number of likely N-dealkylation sites (tertiary alicyclic amines) is 1. The Labute approximate surface area is 200 Å². The van der Waals surface area contributed by atoms with Crippen molar-refractivity contribution in [2.24, 2.45) is 29.6 Å². The zero-order chi connectivity index (χ0) is 24.4. The van der Waals surface area contributed by atoms with Crippen LogP contribution in [0.1, 0.15) is 56.1 Å². The van der Waals surface area contributed by atoms with Crippen molar-refractivity contribution in [2.45, 2.75) is 57.4 Å². The van der Waals surface area contributed by atoms with E-state index in [9.17, 15) is 14.9 Å². The number of benzene rings is 1. The number of piperidine rings is 1. The van der Waals surface area contributed by atoms with Crippen molar-refractivity contribution >= 4 is 22.6 Å². The predicted molar refractivity (Wildman–Crippen MR) is 133 cm³/mol. The molecule has 184 valence electrons. The van der Waals surface area contributed by atoms with Crippen molar-refractivity contribution in [2.75, 3.05) is 20.1 Å². The summed E-state index contributed by atoms with van der Waals surface area (Å²) in [4.78, 5) is 30.2. The second-order valence-electron chi connectivity index (χ2n) is 9.98. The average Bonchev–Trinajstić information content (AvgIpc) is 3.12. The first-order chi connectivity index (χ1) is 16.3. The molecule has 0 bridgehead atoms. The molecule has 4 rings (SSSR count). The molecule has 1 aliphatic heterocycles. The molecule has 1 aromatic carbocycles. The van der Waals surface area contributed by atoms with Crippen LogP contribution in [0.2, 0.25) is 0 Å². The van der Waals surface area contributed by atoms with Gasteiger partial charge in [0.05, 0.1) is 0 Å². The first-order valence-corrected chi connectivity index (χ1v) is 12.3. The fourth-order valence-corrected chi connectivity index (χ4v) is 6.06. The Hall–Kier alpha value is -2.94. The van der Waals surface area contributed by atoms with Gasteiger partial charge in [-0.15, -0.1) is 0 Å². The minimum Gasteiger partial charge on any atom is -0.365 e. The number of nitro groups is 1. The SMILES string of the molecule is CC[C@H](CCCN=C(N)N[N+](=O)[O-])CC(=O)[C@@H]1C[C@@H]2c3cccc4c3c(cn4C)C[C@H]2N(C)C1. The molecule has 1 saturated heterocycles. The maximum Gasteiger partial charge on any atom is 0.251 e. The Morgan fingerprint density at radius 1 is 1.38 bits per heavy atom. The van der Waals surface area contributed by atoms with Crippen LogP contribution in [0.4, 0.5) is 0 Å². The van der Waals surface area contributed by atoms with Crippen LogP contribution >= 0.6 is 0 Å². The number of Topliss-reactive ketones (excluding diaryl/α,β-unsaturated/α-hetero) is 1. The van der Waals surface area contributed by atoms with Crippen molar-refractivity contribution in [3.63, 3.8) is 0 Å². The zero-order valence-electron chi connectivity index (χ0n) is 20.4. The second-order valence-corrected chi connectivity index (χ2v) is 9.98. The third-order valence-corrected chi connectivity index (χ3v) is 7.81. The number of carbonyl (C=O) groups is 1. The Balaban J connectivity index is 1.39. The summed E-state index contributed by atoms with van der Waals surface area (Å²) in [6, 6.07) is 7.05. The molecule has 2 aliphatic rings. The Morgan fingerprint density at radius 2 is 2.18 bits per heavy atom. The van der Waals surface area contributed by atoms with Crippen LogP contribution in [0.15, 0.2) is 29.4 Å². The molecule has 0 unspecified atom stereocenters. The highest BCUT2D eigenvalue weighted by Gasteiger charge is 2.41. The summed E-state index contributed by atoms with van der Waals surface area (Å²) in [5, 5.41) is 11.1. The van der Waals surface area contributed by atoms with Crippen LogP contribution in [0.5, 0.6) is 0 Å². The molecule has 2 heterocycles. The summed E-state index contributed by atoms with van der Waals surface area (Å²) in [6.07, 6.45) is 7.36. The number of nitrogens with zero attached hydrogens (tertiary/aromatic N) is 4. The highest BCUT2D eigenvalue weighted by Crippen LogP contribution is 2.45. The molecule has 34 heavy (non-hydrogen) atoms. The number of guanidine groups is 1. The van der Waals surface area contributed by atoms with Gasteiger partial charge in [0.25, 0.3) is 5.96 Å². The number of hydrazine groups is 1. The van der Waals surface area contributed by atoms with Crippen LogP contribution in [-0.4, -0.2) is 52.4 Å². The van der Waals surface area contributed by atoms with Gasteiger partial charge in [-0.2, -0.15) is 0 Å². The van der Waals surface area contributed by atoms with E-state index in [2.05, 4.69) is 59.9 Å². The van der Waals surface area contributed by atoms with Crippen molar-refractivity contribution in [1.29, 1.82) is 0 Å². The summed E-state index contributed by atoms with van der Waals surface area (Å²) in [6.45, 7) is 3.35. The number of nitrogens with one attached hydrogen (secondary N) is 1. The summed E-state index contributed by atoms with van der Waals surface area (Å²) in [5.41, 5.74) is 11.4. The molecule has 0 amide bonds. The standard InChI is InChI=1S/C25H36N6O3/c1-4-16(7-6-10-27-25(26)28-31(33)34)11-23(32)17-12-20-19-8-5-9-21-24(19)18(15-29(21)2)13-22(20)30(3)14-17/h5,8-9,15-17,20,22H,4,6-7,10-14H2,1-3H3,(H3,26,27,28)/t16-,17-,20-,22-/m1/s1. The number of hydrogen-bond donors (Lipinski definition) is 2. The van der Waals surface area contributed by atoms with Gasteiger partial charge < -0.3 is 15.2 Å². The lowest BCUT2D eigenvalue weighted by Gasteiger charge is -2.45. The van der Waals surface area contributed by atoms with Gasteiger partial charge in [0.1, 0.15) is 5.78 Å². The first-order valence-electron chi connectivity index (χ1n) is 12.3. The van der Waals surface area contributed by atoms with Crippen LogP contribution in [0.3, 0.4) is 0 Å². The molecule has 1 aliphatic carbocycles. The van der Waals surface area contributed by atoms with Crippen LogP contribution < -0.4 is 11.2 Å². The molecule has 0 radical (unpaired) electrons. The van der Waals surface area contributed by atoms with E-state index in [1.165, 1.54) is 22.0 Å². The van der Waals surface area contributed by atoms with Gasteiger partial charge in [0.15, 0.2) is 5.03 Å². The predicted octanol–water partition coefficient (Wildman–Crippen LogP) is 3.00. The highest BCUT2D eigenvalue weighted by molar-refractivity contribution is 5.89. The maximum atomic E-state index is 13.4. The number of rotatable bonds is 9. The van der Waals surface area contributed by atoms with E-state index in [1.807, 2.05) is 5.43 Å². The largest absolute Gasteiger partial charge is 0.365 e. The number of aromatic nitrogens is 1. The summed E-state index contributed by atoms with van der Waals surface area (Å²) in [5.74, 6) is 0.918. The van der Waals surface area contributed by atoms with E-state index >= 15 is 0 Å². The Bertz CT molecular complexity index is 1090. The lowest BCUT2D eigenvalue weighted by atomic mass is 9.71. The Kier molecular flexibility index (Phi) is 7.21. The van der Waals surface area contributed by atoms with Gasteiger partial charge in [-0.05, 0) is 55.8 Å². The van der Waals surface area contributed by atoms with Gasteiger partial charge in [-0.1, -0.05) is 30.9 Å². The lowest BCUT2D eigenvalue weighted by molar-refractivity contribution is -0.525. The van der Waals surface area contributed by atoms with Gasteiger partial charge in [0.2, 0.25) is 0 Å². The van der Waals surface area contributed by atoms with Crippen molar-refractivity contribution in [3.8, 4) is 0 Å². The number of nitrogens with two attached hydrogens (primary N) is 1. The number of aryl methyl sites for hydroxylation is 1.